The van der Waals surface area contributed by atoms with Crippen molar-refractivity contribution in [1.29, 1.82) is 0 Å². The first kappa shape index (κ1) is 13.8. The Hall–Kier alpha value is -1.62. The highest BCUT2D eigenvalue weighted by Gasteiger charge is 2.21. The van der Waals surface area contributed by atoms with Crippen molar-refractivity contribution in [3.63, 3.8) is 0 Å². The molecule has 0 spiro atoms. The fraction of sp³-hybridized carbons (Fsp3) is 0.429. The predicted molar refractivity (Wildman–Crippen MR) is 78.6 cm³/mol. The van der Waals surface area contributed by atoms with E-state index in [1.54, 1.807) is 18.4 Å². The number of hydrogen-bond donors (Lipinski definition) is 1. The number of hydrogen-bond acceptors (Lipinski definition) is 4. The zero-order valence-corrected chi connectivity index (χ0v) is 12.4. The Balaban J connectivity index is 2.30. The molecule has 1 aliphatic heterocycles. The van der Waals surface area contributed by atoms with Crippen molar-refractivity contribution >= 4 is 29.0 Å². The first-order valence-corrected chi connectivity index (χ1v) is 7.08. The van der Waals surface area contributed by atoms with Gasteiger partial charge in [-0.25, -0.2) is 5.43 Å². The number of aryl methyl sites for hydroxylation is 1. The molecule has 0 saturated heterocycles. The van der Waals surface area contributed by atoms with Gasteiger partial charge < -0.3 is 4.74 Å². The molecule has 1 unspecified atom stereocenters. The standard InChI is InChI=1S/C14H18N2O2S/c1-8(13-9(2)6-12(17)15-16-13)5-11-14(18-4)10(3)7-19-11/h5,7,9H,6H2,1-4H3,(H,15,17). The van der Waals surface area contributed by atoms with Crippen LogP contribution in [0.2, 0.25) is 0 Å². The molecular weight excluding hydrogens is 260 g/mol. The van der Waals surface area contributed by atoms with Gasteiger partial charge in [0.1, 0.15) is 5.75 Å². The van der Waals surface area contributed by atoms with Crippen molar-refractivity contribution in [2.75, 3.05) is 7.11 Å². The van der Waals surface area contributed by atoms with Crippen LogP contribution >= 0.6 is 11.3 Å². The second-order valence-corrected chi connectivity index (χ2v) is 5.69. The second-order valence-electron chi connectivity index (χ2n) is 4.78. The summed E-state index contributed by atoms with van der Waals surface area (Å²) in [4.78, 5) is 12.3. The molecule has 0 fully saturated rings. The van der Waals surface area contributed by atoms with Gasteiger partial charge in [-0.1, -0.05) is 6.92 Å². The highest BCUT2D eigenvalue weighted by Crippen LogP contribution is 2.32. The third kappa shape index (κ3) is 2.87. The normalized spacial score (nSPS) is 20.0. The maximum absolute atomic E-state index is 11.2. The number of carbonyl (C=O) groups is 1. The van der Waals surface area contributed by atoms with Gasteiger partial charge in [0.2, 0.25) is 5.91 Å². The lowest BCUT2D eigenvalue weighted by molar-refractivity contribution is -0.121. The Morgan fingerprint density at radius 3 is 3.00 bits per heavy atom. The Kier molecular flexibility index (Phi) is 4.04. The van der Waals surface area contributed by atoms with E-state index in [4.69, 9.17) is 4.74 Å². The Morgan fingerprint density at radius 1 is 1.63 bits per heavy atom. The van der Waals surface area contributed by atoms with Crippen LogP contribution in [0.15, 0.2) is 16.1 Å². The summed E-state index contributed by atoms with van der Waals surface area (Å²) in [5.41, 5.74) is 5.68. The molecule has 0 aliphatic carbocycles. The van der Waals surface area contributed by atoms with Crippen LogP contribution in [0.4, 0.5) is 0 Å². The monoisotopic (exact) mass is 278 g/mol. The summed E-state index contributed by atoms with van der Waals surface area (Å²) in [7, 11) is 1.68. The van der Waals surface area contributed by atoms with E-state index >= 15 is 0 Å². The zero-order chi connectivity index (χ0) is 14.0. The van der Waals surface area contributed by atoms with Crippen molar-refractivity contribution in [3.8, 4) is 5.75 Å². The van der Waals surface area contributed by atoms with Crippen molar-refractivity contribution in [1.82, 2.24) is 5.43 Å². The number of carbonyl (C=O) groups excluding carboxylic acids is 1. The molecule has 2 rings (SSSR count). The van der Waals surface area contributed by atoms with Gasteiger partial charge in [-0.3, -0.25) is 4.79 Å². The molecule has 1 aromatic heterocycles. The van der Waals surface area contributed by atoms with Gasteiger partial charge in [-0.15, -0.1) is 11.3 Å². The number of methoxy groups -OCH3 is 1. The topological polar surface area (TPSA) is 50.7 Å². The molecule has 2 heterocycles. The zero-order valence-electron chi connectivity index (χ0n) is 11.6. The van der Waals surface area contributed by atoms with Crippen LogP contribution in [0.1, 0.15) is 30.7 Å². The van der Waals surface area contributed by atoms with E-state index in [-0.39, 0.29) is 11.8 Å². The SMILES string of the molecule is COc1c(C)csc1C=C(C)C1=NNC(=O)CC1C. The second kappa shape index (κ2) is 5.57. The number of rotatable bonds is 3. The summed E-state index contributed by atoms with van der Waals surface area (Å²) < 4.78 is 5.40. The quantitative estimate of drug-likeness (QED) is 0.924. The lowest BCUT2D eigenvalue weighted by Crippen LogP contribution is -2.31. The number of nitrogens with zero attached hydrogens (tertiary/aromatic N) is 1. The first-order chi connectivity index (χ1) is 9.02. The summed E-state index contributed by atoms with van der Waals surface area (Å²) in [6, 6.07) is 0. The van der Waals surface area contributed by atoms with E-state index in [0.29, 0.717) is 6.42 Å². The maximum atomic E-state index is 11.2. The van der Waals surface area contributed by atoms with E-state index in [1.807, 2.05) is 20.8 Å². The first-order valence-electron chi connectivity index (χ1n) is 6.20. The molecule has 1 aromatic rings. The van der Waals surface area contributed by atoms with E-state index in [1.165, 1.54) is 0 Å². The van der Waals surface area contributed by atoms with Crippen molar-refractivity contribution in [2.45, 2.75) is 27.2 Å². The highest BCUT2D eigenvalue weighted by molar-refractivity contribution is 7.11. The minimum atomic E-state index is -0.0198. The molecule has 1 N–H and O–H groups in total. The van der Waals surface area contributed by atoms with E-state index in [2.05, 4.69) is 22.0 Å². The summed E-state index contributed by atoms with van der Waals surface area (Å²) >= 11 is 1.65. The van der Waals surface area contributed by atoms with Crippen LogP contribution in [-0.4, -0.2) is 18.7 Å². The number of amides is 1. The van der Waals surface area contributed by atoms with Gasteiger partial charge in [0.15, 0.2) is 0 Å². The van der Waals surface area contributed by atoms with Crippen LogP contribution in [-0.2, 0) is 4.79 Å². The van der Waals surface area contributed by atoms with Crippen LogP contribution in [0.5, 0.6) is 5.75 Å². The lowest BCUT2D eigenvalue weighted by atomic mass is 9.94. The molecule has 19 heavy (non-hydrogen) atoms. The molecule has 102 valence electrons. The van der Waals surface area contributed by atoms with Crippen LogP contribution in [0, 0.1) is 12.8 Å². The molecule has 0 radical (unpaired) electrons. The van der Waals surface area contributed by atoms with Gasteiger partial charge in [-0.2, -0.15) is 5.10 Å². The third-order valence-electron chi connectivity index (χ3n) is 3.16. The van der Waals surface area contributed by atoms with Crippen molar-refractivity contribution < 1.29 is 9.53 Å². The summed E-state index contributed by atoms with van der Waals surface area (Å²) in [5, 5.41) is 6.24. The number of thiophene rings is 1. The average molecular weight is 278 g/mol. The molecule has 5 heteroatoms. The number of allylic oxidation sites excluding steroid dienone is 1. The molecule has 1 atom stereocenters. The molecule has 1 aliphatic rings. The average Bonchev–Trinajstić information content (AvgIpc) is 2.69. The third-order valence-corrected chi connectivity index (χ3v) is 4.19. The van der Waals surface area contributed by atoms with E-state index in [9.17, 15) is 4.79 Å². The Morgan fingerprint density at radius 2 is 2.37 bits per heavy atom. The lowest BCUT2D eigenvalue weighted by Gasteiger charge is -2.19. The van der Waals surface area contributed by atoms with Gasteiger partial charge in [0.25, 0.3) is 0 Å². The van der Waals surface area contributed by atoms with Gasteiger partial charge >= 0.3 is 0 Å². The molecular formula is C14H18N2O2S. The number of ether oxygens (including phenoxy) is 1. The summed E-state index contributed by atoms with van der Waals surface area (Å²) in [6.45, 7) is 6.07. The van der Waals surface area contributed by atoms with Crippen LogP contribution < -0.4 is 10.2 Å². The maximum Gasteiger partial charge on any atom is 0.240 e. The smallest absolute Gasteiger partial charge is 0.240 e. The Bertz CT molecular complexity index is 558. The van der Waals surface area contributed by atoms with Crippen LogP contribution in [0.3, 0.4) is 0 Å². The van der Waals surface area contributed by atoms with Crippen LogP contribution in [0.25, 0.3) is 6.08 Å². The predicted octanol–water partition coefficient (Wildman–Crippen LogP) is 2.98. The molecule has 1 amide bonds. The van der Waals surface area contributed by atoms with Gasteiger partial charge in [0.05, 0.1) is 17.7 Å². The molecule has 0 saturated carbocycles. The molecule has 0 bridgehead atoms. The largest absolute Gasteiger partial charge is 0.495 e. The fourth-order valence-electron chi connectivity index (χ4n) is 2.21. The fourth-order valence-corrected chi connectivity index (χ4v) is 3.22. The molecule has 0 aromatic carbocycles. The molecule has 4 nitrogen and oxygen atoms in total. The summed E-state index contributed by atoms with van der Waals surface area (Å²) in [5.74, 6) is 1.04. The van der Waals surface area contributed by atoms with Crippen molar-refractivity contribution in [2.24, 2.45) is 11.0 Å². The number of hydrazone groups is 1. The summed E-state index contributed by atoms with van der Waals surface area (Å²) in [6.07, 6.45) is 2.56. The Labute approximate surface area is 117 Å². The van der Waals surface area contributed by atoms with Gasteiger partial charge in [0, 0.05) is 17.9 Å². The minimum absolute atomic E-state index is 0.0198. The van der Waals surface area contributed by atoms with Gasteiger partial charge in [-0.05, 0) is 30.9 Å². The number of nitrogens with one attached hydrogen (secondary N) is 1. The van der Waals surface area contributed by atoms with E-state index in [0.717, 1.165) is 27.5 Å². The highest BCUT2D eigenvalue weighted by atomic mass is 32.1. The van der Waals surface area contributed by atoms with E-state index < -0.39 is 0 Å². The van der Waals surface area contributed by atoms with Crippen molar-refractivity contribution in [3.05, 3.63) is 21.4 Å². The minimum Gasteiger partial charge on any atom is -0.495 e.